The third-order valence-corrected chi connectivity index (χ3v) is 26.6. The molecule has 22 heteroatoms. The monoisotopic (exact) mass is 1420 g/mol. The van der Waals surface area contributed by atoms with E-state index >= 15 is 0 Å². The van der Waals surface area contributed by atoms with E-state index in [9.17, 15) is 31.3 Å². The second-order valence-corrected chi connectivity index (χ2v) is 32.5. The third kappa shape index (κ3) is 18.3. The van der Waals surface area contributed by atoms with Gasteiger partial charge in [-0.25, -0.2) is 17.6 Å². The quantitative estimate of drug-likeness (QED) is 0.0484. The van der Waals surface area contributed by atoms with Gasteiger partial charge in [-0.2, -0.15) is 0 Å². The molecule has 0 aliphatic heterocycles. The lowest BCUT2D eigenvalue weighted by molar-refractivity contribution is 0.135. The van der Waals surface area contributed by atoms with E-state index in [0.717, 1.165) is 77.9 Å². The molecule has 0 bridgehead atoms. The van der Waals surface area contributed by atoms with Gasteiger partial charge in [0.15, 0.2) is 23.3 Å². The first-order valence-corrected chi connectivity index (χ1v) is 36.1. The summed E-state index contributed by atoms with van der Waals surface area (Å²) in [5.74, 6) is -3.71. The van der Waals surface area contributed by atoms with Crippen LogP contribution < -0.4 is 0 Å². The molecule has 0 aliphatic rings. The zero-order chi connectivity index (χ0) is 59.7. The Bertz CT molecular complexity index is 3340. The number of thiophene rings is 3. The van der Waals surface area contributed by atoms with Crippen molar-refractivity contribution < 1.29 is 58.4 Å². The van der Waals surface area contributed by atoms with Gasteiger partial charge in [0.2, 0.25) is 0 Å². The fourth-order valence-electron chi connectivity index (χ4n) is 8.57. The summed E-state index contributed by atoms with van der Waals surface area (Å²) < 4.78 is 136. The molecule has 0 N–H and O–H groups in total. The first-order chi connectivity index (χ1) is 38.0. The molecule has 5 aromatic carbocycles. The maximum atomic E-state index is 14.1. The third-order valence-electron chi connectivity index (χ3n) is 11.4. The minimum atomic E-state index is -3.67. The molecule has 0 unspecified atom stereocenters. The molecule has 8 rings (SSSR count). The van der Waals surface area contributed by atoms with E-state index in [1.807, 2.05) is 88.4 Å². The van der Waals surface area contributed by atoms with Crippen molar-refractivity contribution in [3.8, 4) is 0 Å². The van der Waals surface area contributed by atoms with Crippen LogP contribution >= 0.6 is 105 Å². The fraction of sp³-hybridized carbons (Fsp3) is 0.390. The molecule has 0 saturated heterocycles. The first kappa shape index (κ1) is 67.7. The standard InChI is InChI=1S/2C22H24BrF2O3PS.C15H20BrO3PS/c2*1-13(2)27-29(26,28-14(3)4)19(12-15-9-10-17(24)18(25)11-15)22-21(23)16-7-5-6-8-20(16)30-22;1-10(2)18-20(17,19-11(3)4)9-14-15(16)12-7-5-6-8-13(12)21-14/h2*5-11,13-14,19H,12H2,1-4H3;5-8,10-11H,9H2,1-4H3/t2*19-;/m10./s1. The number of halogens is 7. The molecule has 2 atom stereocenters. The van der Waals surface area contributed by atoms with Crippen LogP contribution in [0.2, 0.25) is 0 Å². The predicted octanol–water partition coefficient (Wildman–Crippen LogP) is 22.7. The van der Waals surface area contributed by atoms with Crippen LogP contribution in [0.5, 0.6) is 0 Å². The van der Waals surface area contributed by atoms with Gasteiger partial charge in [-0.15, -0.1) is 34.0 Å². The van der Waals surface area contributed by atoms with Gasteiger partial charge in [0, 0.05) is 58.3 Å². The predicted molar refractivity (Wildman–Crippen MR) is 338 cm³/mol. The zero-order valence-electron chi connectivity index (χ0n) is 47.0. The summed E-state index contributed by atoms with van der Waals surface area (Å²) in [4.78, 5) is 2.59. The second-order valence-electron chi connectivity index (χ2n) is 20.6. The normalized spacial score (nSPS) is 13.3. The van der Waals surface area contributed by atoms with Crippen molar-refractivity contribution in [3.05, 3.63) is 172 Å². The van der Waals surface area contributed by atoms with Gasteiger partial charge >= 0.3 is 22.8 Å². The number of rotatable bonds is 22. The van der Waals surface area contributed by atoms with Crippen molar-refractivity contribution in [2.24, 2.45) is 0 Å². The van der Waals surface area contributed by atoms with Crippen molar-refractivity contribution in [2.45, 2.75) is 150 Å². The van der Waals surface area contributed by atoms with E-state index in [0.29, 0.717) is 17.3 Å². The fourth-order valence-corrected chi connectivity index (χ4v) is 23.6. The van der Waals surface area contributed by atoms with Crippen molar-refractivity contribution in [1.29, 1.82) is 0 Å². The Hall–Kier alpha value is -2.41. The van der Waals surface area contributed by atoms with E-state index in [1.54, 1.807) is 66.7 Å². The van der Waals surface area contributed by atoms with Crippen LogP contribution in [0.25, 0.3) is 30.3 Å². The molecule has 0 radical (unpaired) electrons. The molecule has 3 aromatic heterocycles. The van der Waals surface area contributed by atoms with E-state index in [1.165, 1.54) is 39.5 Å². The van der Waals surface area contributed by atoms with Gasteiger partial charge in [0.25, 0.3) is 0 Å². The van der Waals surface area contributed by atoms with E-state index in [2.05, 4.69) is 59.9 Å². The maximum Gasteiger partial charge on any atom is 0.339 e. The summed E-state index contributed by atoms with van der Waals surface area (Å²) in [7, 11) is -10.5. The van der Waals surface area contributed by atoms with Crippen LogP contribution in [0.15, 0.2) is 123 Å². The Labute approximate surface area is 510 Å². The van der Waals surface area contributed by atoms with Crippen LogP contribution in [0.1, 0.15) is 120 Å². The Balaban J connectivity index is 0.000000199. The lowest BCUT2D eigenvalue weighted by Crippen LogP contribution is -2.15. The Morgan fingerprint density at radius 1 is 0.407 bits per heavy atom. The number of benzene rings is 5. The van der Waals surface area contributed by atoms with Crippen molar-refractivity contribution in [1.82, 2.24) is 0 Å². The molecule has 0 aliphatic carbocycles. The van der Waals surface area contributed by atoms with E-state index in [4.69, 9.17) is 27.1 Å². The minimum absolute atomic E-state index is 0.136. The minimum Gasteiger partial charge on any atom is -0.306 e. The van der Waals surface area contributed by atoms with E-state index in [-0.39, 0.29) is 49.5 Å². The second kappa shape index (κ2) is 29.8. The molecule has 0 saturated carbocycles. The molecule has 0 amide bonds. The van der Waals surface area contributed by atoms with Gasteiger partial charge in [0.1, 0.15) is 11.3 Å². The summed E-state index contributed by atoms with van der Waals surface area (Å²) in [5.41, 5.74) is -0.329. The maximum absolute atomic E-state index is 14.1. The molecule has 8 aromatic rings. The number of hydrogen-bond donors (Lipinski definition) is 0. The average Bonchev–Trinajstić information content (AvgIpc) is 4.24. The van der Waals surface area contributed by atoms with Crippen molar-refractivity contribution >= 4 is 135 Å². The highest BCUT2D eigenvalue weighted by Gasteiger charge is 2.43. The van der Waals surface area contributed by atoms with Gasteiger partial charge in [-0.05, 0) is 197 Å². The molecule has 0 fully saturated rings. The molecule has 0 spiro atoms. The van der Waals surface area contributed by atoms with Crippen molar-refractivity contribution in [3.63, 3.8) is 0 Å². The highest BCUT2D eigenvalue weighted by Crippen LogP contribution is 2.67. The smallest absolute Gasteiger partial charge is 0.306 e. The highest BCUT2D eigenvalue weighted by molar-refractivity contribution is 9.11. The summed E-state index contributed by atoms with van der Waals surface area (Å²) in [6.07, 6.45) is -0.969. The molecule has 440 valence electrons. The summed E-state index contributed by atoms with van der Waals surface area (Å²) in [5, 5.41) is 3.13. The van der Waals surface area contributed by atoms with E-state index < -0.39 is 57.4 Å². The highest BCUT2D eigenvalue weighted by atomic mass is 79.9. The van der Waals surface area contributed by atoms with Gasteiger partial charge in [-0.1, -0.05) is 66.7 Å². The lowest BCUT2D eigenvalue weighted by Gasteiger charge is -2.30. The van der Waals surface area contributed by atoms with Crippen LogP contribution in [0.4, 0.5) is 17.6 Å². The van der Waals surface area contributed by atoms with Crippen molar-refractivity contribution in [2.75, 3.05) is 0 Å². The lowest BCUT2D eigenvalue weighted by atomic mass is 10.1. The summed E-state index contributed by atoms with van der Waals surface area (Å²) in [6, 6.07) is 31.2. The number of fused-ring (bicyclic) bond motifs is 3. The molecule has 9 nitrogen and oxygen atoms in total. The Kier molecular flexibility index (Phi) is 24.9. The number of hydrogen-bond acceptors (Lipinski definition) is 12. The SMILES string of the molecule is CC(C)OP(=O)(Cc1sc2ccccc2c1Br)OC(C)C.CC(C)OP(=O)(OC(C)C)[C@@H](Cc1ccc(F)c(F)c1)c1sc2ccccc2c1Br.CC(C)OP(=O)(OC(C)C)[C@H](Cc1ccc(F)c(F)c1)c1sc2ccccc2c1Br. The average molecular weight is 1430 g/mol. The molecule has 3 heterocycles. The van der Waals surface area contributed by atoms with Crippen LogP contribution in [-0.4, -0.2) is 36.6 Å². The van der Waals surface area contributed by atoms with Gasteiger partial charge in [-0.3, -0.25) is 13.7 Å². The van der Waals surface area contributed by atoms with Crippen LogP contribution in [-0.2, 0) is 59.8 Å². The first-order valence-electron chi connectivity index (χ1n) is 26.3. The largest absolute Gasteiger partial charge is 0.339 e. The van der Waals surface area contributed by atoms with Crippen LogP contribution in [0.3, 0.4) is 0 Å². The molecular formula is C59H68Br3F4O9P3S3. The molecule has 81 heavy (non-hydrogen) atoms. The Morgan fingerprint density at radius 3 is 1.01 bits per heavy atom. The topological polar surface area (TPSA) is 107 Å². The zero-order valence-corrected chi connectivity index (χ0v) is 56.9. The van der Waals surface area contributed by atoms with Gasteiger partial charge in [0.05, 0.1) is 42.8 Å². The summed E-state index contributed by atoms with van der Waals surface area (Å²) >= 11 is 15.5. The Morgan fingerprint density at radius 2 is 0.716 bits per heavy atom. The van der Waals surface area contributed by atoms with Crippen LogP contribution in [0, 0.1) is 23.3 Å². The summed E-state index contributed by atoms with van der Waals surface area (Å²) in [6.45, 7) is 21.9. The van der Waals surface area contributed by atoms with Gasteiger partial charge < -0.3 is 27.1 Å². The molecular weight excluding hydrogens is 1360 g/mol.